The highest BCUT2D eigenvalue weighted by Crippen LogP contribution is 2.48. The molecule has 198 valence electrons. The highest BCUT2D eigenvalue weighted by molar-refractivity contribution is 7.26. The number of nitrogens with zero attached hydrogens (tertiary/aromatic N) is 3. The molecule has 0 amide bonds. The molecule has 0 saturated carbocycles. The van der Waals surface area contributed by atoms with Crippen LogP contribution in [0, 0.1) is 0 Å². The van der Waals surface area contributed by atoms with Gasteiger partial charge in [-0.2, -0.15) is 0 Å². The van der Waals surface area contributed by atoms with E-state index in [-0.39, 0.29) is 0 Å². The van der Waals surface area contributed by atoms with Gasteiger partial charge in [0.05, 0.1) is 22.1 Å². The minimum absolute atomic E-state index is 0.905. The molecule has 5 heterocycles. The van der Waals surface area contributed by atoms with E-state index in [1.54, 1.807) is 0 Å². The Morgan fingerprint density at radius 1 is 0.581 bits per heavy atom. The van der Waals surface area contributed by atoms with Gasteiger partial charge in [0.2, 0.25) is 0 Å². The second-order valence-corrected chi connectivity index (χ2v) is 12.4. The summed E-state index contributed by atoms with van der Waals surface area (Å²) in [7, 11) is 0. The Bertz CT molecular complexity index is 2960. The summed E-state index contributed by atoms with van der Waals surface area (Å²) in [5.41, 5.74) is 10.1. The monoisotopic (exact) mass is 565 g/mol. The van der Waals surface area contributed by atoms with Crippen molar-refractivity contribution in [3.05, 3.63) is 115 Å². The third-order valence-corrected chi connectivity index (χ3v) is 10.2. The van der Waals surface area contributed by atoms with Gasteiger partial charge in [-0.1, -0.05) is 72.8 Å². The van der Waals surface area contributed by atoms with E-state index in [4.69, 9.17) is 14.4 Å². The summed E-state index contributed by atoms with van der Waals surface area (Å²) in [5, 5.41) is 8.52. The lowest BCUT2D eigenvalue weighted by Crippen LogP contribution is -1.89. The second-order valence-electron chi connectivity index (χ2n) is 11.4. The summed E-state index contributed by atoms with van der Waals surface area (Å²) in [4.78, 5) is 10.4. The molecule has 0 spiro atoms. The van der Waals surface area contributed by atoms with E-state index in [0.717, 1.165) is 66.2 Å². The van der Waals surface area contributed by atoms with E-state index in [0.29, 0.717) is 0 Å². The van der Waals surface area contributed by atoms with E-state index >= 15 is 0 Å². The molecule has 0 atom stereocenters. The number of para-hydroxylation sites is 4. The third-order valence-electron chi connectivity index (χ3n) is 9.10. The summed E-state index contributed by atoms with van der Waals surface area (Å²) >= 11 is 1.85. The molecule has 5 heteroatoms. The lowest BCUT2D eigenvalue weighted by atomic mass is 9.98. The topological polar surface area (TPSA) is 43.3 Å². The van der Waals surface area contributed by atoms with Crippen LogP contribution in [0.1, 0.15) is 0 Å². The van der Waals surface area contributed by atoms with Gasteiger partial charge in [-0.25, -0.2) is 9.97 Å². The molecule has 0 fully saturated rings. The van der Waals surface area contributed by atoms with Gasteiger partial charge in [0.15, 0.2) is 5.65 Å². The van der Waals surface area contributed by atoms with Gasteiger partial charge in [0.1, 0.15) is 16.7 Å². The minimum Gasteiger partial charge on any atom is -0.455 e. The van der Waals surface area contributed by atoms with Gasteiger partial charge in [-0.05, 0) is 48.0 Å². The first-order chi connectivity index (χ1) is 21.3. The zero-order chi connectivity index (χ0) is 27.8. The quantitative estimate of drug-likeness (QED) is 0.199. The molecule has 0 bridgehead atoms. The fourth-order valence-electron chi connectivity index (χ4n) is 7.29. The molecule has 0 N–H and O–H groups in total. The van der Waals surface area contributed by atoms with E-state index in [9.17, 15) is 0 Å². The van der Waals surface area contributed by atoms with Crippen LogP contribution in [-0.4, -0.2) is 14.4 Å². The molecule has 0 aliphatic heterocycles. The third kappa shape index (κ3) is 2.71. The number of furan rings is 1. The standard InChI is InChI=1S/C38H19N3OS/c1-5-14-30-22(8-1)23-11-7-10-21(37(23)42-30)20-16-17-29-25(18-20)34-33-24-9-2-6-15-31(24)43-32(33)19-26-35-38(41(29)36(26)34)40-28-13-4-3-12-27(28)39-35/h1-19H. The van der Waals surface area contributed by atoms with Crippen molar-refractivity contribution < 1.29 is 4.42 Å². The summed E-state index contributed by atoms with van der Waals surface area (Å²) < 4.78 is 11.4. The second kappa shape index (κ2) is 7.65. The summed E-state index contributed by atoms with van der Waals surface area (Å²) in [5.74, 6) is 0. The Hall–Kier alpha value is -5.52. The molecule has 43 heavy (non-hydrogen) atoms. The fourth-order valence-corrected chi connectivity index (χ4v) is 8.45. The van der Waals surface area contributed by atoms with Crippen molar-refractivity contribution in [3.8, 4) is 11.1 Å². The highest BCUT2D eigenvalue weighted by atomic mass is 32.1. The maximum absolute atomic E-state index is 6.45. The highest BCUT2D eigenvalue weighted by Gasteiger charge is 2.24. The van der Waals surface area contributed by atoms with E-state index in [2.05, 4.69) is 89.3 Å². The van der Waals surface area contributed by atoms with Gasteiger partial charge in [0, 0.05) is 52.7 Å². The smallest absolute Gasteiger partial charge is 0.165 e. The van der Waals surface area contributed by atoms with Gasteiger partial charge in [-0.3, -0.25) is 4.40 Å². The first kappa shape index (κ1) is 22.1. The van der Waals surface area contributed by atoms with Crippen molar-refractivity contribution in [2.75, 3.05) is 0 Å². The zero-order valence-corrected chi connectivity index (χ0v) is 23.4. The van der Waals surface area contributed by atoms with Crippen LogP contribution in [0.2, 0.25) is 0 Å². The van der Waals surface area contributed by atoms with E-state index in [1.165, 1.54) is 36.5 Å². The van der Waals surface area contributed by atoms with Crippen LogP contribution >= 0.6 is 11.3 Å². The van der Waals surface area contributed by atoms with Gasteiger partial charge < -0.3 is 4.42 Å². The normalized spacial score (nSPS) is 12.7. The van der Waals surface area contributed by atoms with Crippen molar-refractivity contribution in [2.24, 2.45) is 0 Å². The average molecular weight is 566 g/mol. The van der Waals surface area contributed by atoms with Crippen LogP contribution in [0.15, 0.2) is 120 Å². The predicted octanol–water partition coefficient (Wildman–Crippen LogP) is 10.7. The molecule has 11 aromatic rings. The van der Waals surface area contributed by atoms with Crippen LogP contribution in [0.5, 0.6) is 0 Å². The Labute approximate surface area is 247 Å². The molecule has 0 aliphatic rings. The molecule has 6 aromatic carbocycles. The lowest BCUT2D eigenvalue weighted by molar-refractivity contribution is 0.670. The van der Waals surface area contributed by atoms with E-state index < -0.39 is 0 Å². The minimum atomic E-state index is 0.905. The number of hydrogen-bond donors (Lipinski definition) is 0. The number of aromatic nitrogens is 3. The average Bonchev–Trinajstić information content (AvgIpc) is 3.79. The number of rotatable bonds is 1. The van der Waals surface area contributed by atoms with Crippen LogP contribution in [-0.2, 0) is 0 Å². The molecule has 11 rings (SSSR count). The number of benzene rings is 6. The molecule has 0 unspecified atom stereocenters. The SMILES string of the molecule is c1ccc2nc3c(nc2c1)c1cc2sc4ccccc4c2c2c4cc(-c5cccc6c5oc5ccccc56)ccc4n3c12. The van der Waals surface area contributed by atoms with Gasteiger partial charge in [-0.15, -0.1) is 11.3 Å². The first-order valence-electron chi connectivity index (χ1n) is 14.4. The maximum Gasteiger partial charge on any atom is 0.165 e. The molecule has 0 radical (unpaired) electrons. The summed E-state index contributed by atoms with van der Waals surface area (Å²) in [6.45, 7) is 0. The molecule has 5 aromatic heterocycles. The molecule has 0 aliphatic carbocycles. The largest absolute Gasteiger partial charge is 0.455 e. The van der Waals surface area contributed by atoms with Gasteiger partial charge >= 0.3 is 0 Å². The van der Waals surface area contributed by atoms with Crippen LogP contribution in [0.25, 0.3) is 103 Å². The summed E-state index contributed by atoms with van der Waals surface area (Å²) in [6, 6.07) is 40.8. The van der Waals surface area contributed by atoms with E-state index in [1.807, 2.05) is 41.7 Å². The molecular weight excluding hydrogens is 547 g/mol. The predicted molar refractivity (Wildman–Crippen MR) is 180 cm³/mol. The zero-order valence-electron chi connectivity index (χ0n) is 22.6. The number of fused-ring (bicyclic) bond motifs is 14. The lowest BCUT2D eigenvalue weighted by Gasteiger charge is -2.05. The molecular formula is C38H19N3OS. The Kier molecular flexibility index (Phi) is 3.94. The molecule has 0 saturated heterocycles. The van der Waals surface area contributed by atoms with Crippen molar-refractivity contribution in [2.45, 2.75) is 0 Å². The maximum atomic E-state index is 6.45. The van der Waals surface area contributed by atoms with Crippen LogP contribution < -0.4 is 0 Å². The van der Waals surface area contributed by atoms with Crippen molar-refractivity contribution in [1.82, 2.24) is 14.4 Å². The Morgan fingerprint density at radius 3 is 2.30 bits per heavy atom. The number of thiophene rings is 1. The summed E-state index contributed by atoms with van der Waals surface area (Å²) in [6.07, 6.45) is 0. The van der Waals surface area contributed by atoms with Crippen molar-refractivity contribution in [1.29, 1.82) is 0 Å². The Balaban J connectivity index is 1.34. The fraction of sp³-hybridized carbons (Fsp3) is 0. The van der Waals surface area contributed by atoms with Crippen molar-refractivity contribution >= 4 is 103 Å². The van der Waals surface area contributed by atoms with Crippen LogP contribution in [0.3, 0.4) is 0 Å². The number of hydrogen-bond acceptors (Lipinski definition) is 4. The Morgan fingerprint density at radius 2 is 1.37 bits per heavy atom. The molecule has 4 nitrogen and oxygen atoms in total. The van der Waals surface area contributed by atoms with Crippen LogP contribution in [0.4, 0.5) is 0 Å². The van der Waals surface area contributed by atoms with Gasteiger partial charge in [0.25, 0.3) is 0 Å². The first-order valence-corrected chi connectivity index (χ1v) is 15.2. The van der Waals surface area contributed by atoms with Crippen molar-refractivity contribution in [3.63, 3.8) is 0 Å².